The minimum Gasteiger partial charge on any atom is -0.379 e. The van der Waals surface area contributed by atoms with Crippen molar-refractivity contribution in [1.29, 1.82) is 0 Å². The predicted molar refractivity (Wildman–Crippen MR) is 66.8 cm³/mol. The highest BCUT2D eigenvalue weighted by Crippen LogP contribution is 2.11. The molecule has 0 unspecified atom stereocenters. The molecule has 16 heavy (non-hydrogen) atoms. The topological polar surface area (TPSA) is 27.7 Å². The van der Waals surface area contributed by atoms with E-state index in [1.165, 1.54) is 0 Å². The van der Waals surface area contributed by atoms with E-state index in [1.807, 2.05) is 0 Å². The minimum atomic E-state index is -0.199. The van der Waals surface area contributed by atoms with Crippen LogP contribution in [0.3, 0.4) is 0 Å². The van der Waals surface area contributed by atoms with E-state index in [4.69, 9.17) is 14.2 Å². The molecule has 0 aliphatic rings. The molecule has 0 N–H and O–H groups in total. The van der Waals surface area contributed by atoms with E-state index < -0.39 is 0 Å². The molecule has 0 radical (unpaired) electrons. The van der Waals surface area contributed by atoms with Crippen LogP contribution < -0.4 is 0 Å². The molecule has 0 amide bonds. The van der Waals surface area contributed by atoms with Crippen LogP contribution in [0.2, 0.25) is 0 Å². The minimum absolute atomic E-state index is 0.199. The Balaban J connectivity index is 3.42. The lowest BCUT2D eigenvalue weighted by atomic mass is 10.1. The Hall–Kier alpha value is -0.120. The van der Waals surface area contributed by atoms with Crippen molar-refractivity contribution in [3.05, 3.63) is 0 Å². The molecule has 3 heteroatoms. The smallest absolute Gasteiger partial charge is 0.0859 e. The zero-order valence-electron chi connectivity index (χ0n) is 11.5. The fourth-order valence-electron chi connectivity index (χ4n) is 1.12. The molecular weight excluding hydrogens is 204 g/mol. The van der Waals surface area contributed by atoms with Gasteiger partial charge in [-0.1, -0.05) is 20.8 Å². The Kier molecular flexibility index (Phi) is 8.90. The average molecular weight is 232 g/mol. The van der Waals surface area contributed by atoms with Gasteiger partial charge in [0.2, 0.25) is 0 Å². The summed E-state index contributed by atoms with van der Waals surface area (Å²) in [5.74, 6) is 0.562. The second kappa shape index (κ2) is 8.97. The van der Waals surface area contributed by atoms with Crippen molar-refractivity contribution >= 4 is 0 Å². The van der Waals surface area contributed by atoms with Crippen molar-refractivity contribution in [2.75, 3.05) is 33.0 Å². The Bertz CT molecular complexity index is 155. The lowest BCUT2D eigenvalue weighted by Gasteiger charge is -2.26. The maximum atomic E-state index is 5.75. The summed E-state index contributed by atoms with van der Waals surface area (Å²) < 4.78 is 16.6. The molecule has 0 saturated carbocycles. The molecule has 0 bridgehead atoms. The van der Waals surface area contributed by atoms with Crippen molar-refractivity contribution in [2.24, 2.45) is 5.92 Å². The second-order valence-corrected chi connectivity index (χ2v) is 5.13. The summed E-state index contributed by atoms with van der Waals surface area (Å²) in [7, 11) is 0. The largest absolute Gasteiger partial charge is 0.379 e. The quantitative estimate of drug-likeness (QED) is 0.542. The zero-order valence-corrected chi connectivity index (χ0v) is 11.5. The third-order valence-corrected chi connectivity index (χ3v) is 1.98. The van der Waals surface area contributed by atoms with Crippen molar-refractivity contribution in [1.82, 2.24) is 0 Å². The van der Waals surface area contributed by atoms with Crippen molar-refractivity contribution < 1.29 is 14.2 Å². The van der Waals surface area contributed by atoms with Gasteiger partial charge in [0.25, 0.3) is 0 Å². The van der Waals surface area contributed by atoms with Gasteiger partial charge in [0.1, 0.15) is 0 Å². The van der Waals surface area contributed by atoms with Gasteiger partial charge in [-0.25, -0.2) is 0 Å². The summed E-state index contributed by atoms with van der Waals surface area (Å²) in [5.41, 5.74) is -0.199. The van der Waals surface area contributed by atoms with Crippen LogP contribution in [0.5, 0.6) is 0 Å². The van der Waals surface area contributed by atoms with Crippen molar-refractivity contribution in [2.45, 2.75) is 46.6 Å². The van der Waals surface area contributed by atoms with Crippen molar-refractivity contribution in [3.63, 3.8) is 0 Å². The maximum absolute atomic E-state index is 5.75. The van der Waals surface area contributed by atoms with Gasteiger partial charge in [-0.3, -0.25) is 0 Å². The van der Waals surface area contributed by atoms with Gasteiger partial charge in [-0.05, 0) is 26.2 Å². The van der Waals surface area contributed by atoms with Crippen LogP contribution >= 0.6 is 0 Å². The summed E-state index contributed by atoms with van der Waals surface area (Å²) in [4.78, 5) is 0. The fraction of sp³-hybridized carbons (Fsp3) is 1.00. The first-order valence-electron chi connectivity index (χ1n) is 6.27. The van der Waals surface area contributed by atoms with Crippen LogP contribution in [0, 0.1) is 5.92 Å². The summed E-state index contributed by atoms with van der Waals surface area (Å²) in [6, 6.07) is 0. The lowest BCUT2D eigenvalue weighted by molar-refractivity contribution is -0.0892. The first kappa shape index (κ1) is 15.9. The van der Waals surface area contributed by atoms with E-state index in [1.54, 1.807) is 0 Å². The Labute approximate surface area is 100 Å². The van der Waals surface area contributed by atoms with Crippen LogP contribution in [0.4, 0.5) is 0 Å². The zero-order chi connectivity index (χ0) is 12.4. The van der Waals surface area contributed by atoms with E-state index in [0.717, 1.165) is 19.6 Å². The molecular formula is C13H28O3. The molecule has 0 heterocycles. The summed E-state index contributed by atoms with van der Waals surface area (Å²) in [6.07, 6.45) is 1.06. The Morgan fingerprint density at radius 1 is 1.00 bits per heavy atom. The van der Waals surface area contributed by atoms with Gasteiger partial charge in [0.15, 0.2) is 0 Å². The van der Waals surface area contributed by atoms with E-state index in [9.17, 15) is 0 Å². The van der Waals surface area contributed by atoms with Gasteiger partial charge in [-0.2, -0.15) is 0 Å². The highest BCUT2D eigenvalue weighted by molar-refractivity contribution is 4.67. The third kappa shape index (κ3) is 10.4. The normalized spacial score (nSPS) is 12.4. The second-order valence-electron chi connectivity index (χ2n) is 5.13. The molecule has 98 valence electrons. The molecule has 0 rings (SSSR count). The predicted octanol–water partition coefficient (Wildman–Crippen LogP) is 2.88. The molecule has 0 aliphatic heterocycles. The van der Waals surface area contributed by atoms with Crippen molar-refractivity contribution in [3.8, 4) is 0 Å². The van der Waals surface area contributed by atoms with Gasteiger partial charge in [0, 0.05) is 13.2 Å². The summed E-state index contributed by atoms with van der Waals surface area (Å²) in [5, 5.41) is 0. The molecule has 3 nitrogen and oxygen atoms in total. The van der Waals surface area contributed by atoms with E-state index in [-0.39, 0.29) is 5.60 Å². The van der Waals surface area contributed by atoms with Gasteiger partial charge >= 0.3 is 0 Å². The molecule has 0 fully saturated rings. The fourth-order valence-corrected chi connectivity index (χ4v) is 1.12. The van der Waals surface area contributed by atoms with Crippen LogP contribution in [-0.4, -0.2) is 38.6 Å². The standard InChI is InChI=1S/C13H28O3/c1-6-7-14-8-9-15-11-13(4,5)16-10-12(2)3/h12H,6-11H2,1-5H3. The highest BCUT2D eigenvalue weighted by atomic mass is 16.6. The van der Waals surface area contributed by atoms with E-state index >= 15 is 0 Å². The SMILES string of the molecule is CCCOCCOCC(C)(C)OCC(C)C. The lowest BCUT2D eigenvalue weighted by Crippen LogP contribution is -2.32. The average Bonchev–Trinajstić information content (AvgIpc) is 2.21. The summed E-state index contributed by atoms with van der Waals surface area (Å²) in [6.45, 7) is 14.1. The molecule has 0 aromatic heterocycles. The number of ether oxygens (including phenoxy) is 3. The Morgan fingerprint density at radius 2 is 1.62 bits per heavy atom. The first-order valence-corrected chi connectivity index (χ1v) is 6.27. The number of hydrogen-bond acceptors (Lipinski definition) is 3. The van der Waals surface area contributed by atoms with E-state index in [2.05, 4.69) is 34.6 Å². The Morgan fingerprint density at radius 3 is 2.19 bits per heavy atom. The van der Waals surface area contributed by atoms with Crippen LogP contribution in [-0.2, 0) is 14.2 Å². The van der Waals surface area contributed by atoms with Crippen LogP contribution in [0.1, 0.15) is 41.0 Å². The molecule has 0 saturated heterocycles. The highest BCUT2D eigenvalue weighted by Gasteiger charge is 2.18. The van der Waals surface area contributed by atoms with Crippen LogP contribution in [0.15, 0.2) is 0 Å². The molecule has 0 aromatic rings. The molecule has 0 spiro atoms. The van der Waals surface area contributed by atoms with Gasteiger partial charge < -0.3 is 14.2 Å². The third-order valence-electron chi connectivity index (χ3n) is 1.98. The first-order chi connectivity index (χ1) is 7.48. The van der Waals surface area contributed by atoms with Gasteiger partial charge in [0.05, 0.1) is 25.4 Å². The molecule has 0 atom stereocenters. The summed E-state index contributed by atoms with van der Waals surface area (Å²) >= 11 is 0. The number of hydrogen-bond donors (Lipinski definition) is 0. The van der Waals surface area contributed by atoms with E-state index in [0.29, 0.717) is 25.7 Å². The van der Waals surface area contributed by atoms with Gasteiger partial charge in [-0.15, -0.1) is 0 Å². The molecule has 0 aromatic carbocycles. The maximum Gasteiger partial charge on any atom is 0.0859 e. The number of rotatable bonds is 10. The monoisotopic (exact) mass is 232 g/mol. The molecule has 0 aliphatic carbocycles. The van der Waals surface area contributed by atoms with Crippen LogP contribution in [0.25, 0.3) is 0 Å².